The highest BCUT2D eigenvalue weighted by atomic mass is 35.5. The van der Waals surface area contributed by atoms with E-state index in [1.54, 1.807) is 7.11 Å². The molecule has 4 heteroatoms. The predicted octanol–water partition coefficient (Wildman–Crippen LogP) is 1.80. The van der Waals surface area contributed by atoms with Gasteiger partial charge in [0, 0.05) is 12.1 Å². The number of methoxy groups -OCH3 is 1. The van der Waals surface area contributed by atoms with Crippen LogP contribution in [0.4, 0.5) is 0 Å². The number of hydrogen-bond donors (Lipinski definition) is 2. The third-order valence-electron chi connectivity index (χ3n) is 2.07. The van der Waals surface area contributed by atoms with Gasteiger partial charge in [-0.25, -0.2) is 0 Å². The van der Waals surface area contributed by atoms with Gasteiger partial charge in [0.1, 0.15) is 0 Å². The molecule has 0 aliphatic rings. The second-order valence-electron chi connectivity index (χ2n) is 3.20. The maximum atomic E-state index is 6.09. The highest BCUT2D eigenvalue weighted by Gasteiger charge is 2.12. The fraction of sp³-hybridized carbons (Fsp3) is 0.400. The van der Waals surface area contributed by atoms with Crippen molar-refractivity contribution in [3.63, 3.8) is 0 Å². The van der Waals surface area contributed by atoms with Gasteiger partial charge in [-0.1, -0.05) is 23.7 Å². The molecule has 3 N–H and O–H groups in total. The maximum Gasteiger partial charge on any atom is 0.0708 e. The van der Waals surface area contributed by atoms with E-state index in [9.17, 15) is 0 Å². The summed E-state index contributed by atoms with van der Waals surface area (Å²) in [7, 11) is 1.63. The molecule has 0 amide bonds. The maximum absolute atomic E-state index is 6.09. The van der Waals surface area contributed by atoms with Crippen molar-refractivity contribution >= 4 is 11.6 Å². The Hall–Kier alpha value is -0.610. The molecule has 0 radical (unpaired) electrons. The van der Waals surface area contributed by atoms with Gasteiger partial charge in [0.05, 0.1) is 12.6 Å². The van der Waals surface area contributed by atoms with E-state index >= 15 is 0 Å². The van der Waals surface area contributed by atoms with Gasteiger partial charge in [0.2, 0.25) is 0 Å². The third kappa shape index (κ3) is 2.69. The molecule has 0 heterocycles. The molecule has 1 unspecified atom stereocenters. The van der Waals surface area contributed by atoms with Crippen LogP contribution in [0.5, 0.6) is 0 Å². The summed E-state index contributed by atoms with van der Waals surface area (Å²) in [5.74, 6) is 5.41. The number of benzene rings is 1. The largest absolute Gasteiger partial charge is 0.383 e. The molecule has 0 aliphatic carbocycles. The van der Waals surface area contributed by atoms with Gasteiger partial charge < -0.3 is 4.74 Å². The Morgan fingerprint density at radius 1 is 1.57 bits per heavy atom. The number of nitrogens with one attached hydrogen (secondary N) is 1. The highest BCUT2D eigenvalue weighted by Crippen LogP contribution is 2.23. The van der Waals surface area contributed by atoms with Gasteiger partial charge in [0.15, 0.2) is 0 Å². The lowest BCUT2D eigenvalue weighted by molar-refractivity contribution is 0.167. The first-order chi connectivity index (χ1) is 6.69. The van der Waals surface area contributed by atoms with E-state index in [0.717, 1.165) is 11.1 Å². The monoisotopic (exact) mass is 214 g/mol. The second kappa shape index (κ2) is 5.32. The quantitative estimate of drug-likeness (QED) is 0.594. The molecule has 0 saturated carbocycles. The lowest BCUT2D eigenvalue weighted by atomic mass is 10.1. The van der Waals surface area contributed by atoms with Crippen molar-refractivity contribution in [3.8, 4) is 0 Å². The Bertz CT molecular complexity index is 304. The summed E-state index contributed by atoms with van der Waals surface area (Å²) in [6, 6.07) is 5.81. The van der Waals surface area contributed by atoms with Crippen LogP contribution in [0.2, 0.25) is 5.02 Å². The second-order valence-corrected chi connectivity index (χ2v) is 3.61. The summed E-state index contributed by atoms with van der Waals surface area (Å²) in [4.78, 5) is 0. The number of hydrogen-bond acceptors (Lipinski definition) is 3. The van der Waals surface area contributed by atoms with Crippen molar-refractivity contribution in [3.05, 3.63) is 34.3 Å². The van der Waals surface area contributed by atoms with Crippen molar-refractivity contribution in [2.75, 3.05) is 13.7 Å². The Kier molecular flexibility index (Phi) is 4.35. The Labute approximate surface area is 89.2 Å². The van der Waals surface area contributed by atoms with Crippen LogP contribution in [0.3, 0.4) is 0 Å². The zero-order valence-electron chi connectivity index (χ0n) is 8.38. The minimum absolute atomic E-state index is 0.0619. The number of nitrogens with two attached hydrogens (primary N) is 1. The van der Waals surface area contributed by atoms with Crippen LogP contribution < -0.4 is 11.3 Å². The standard InChI is InChI=1S/C10H15ClN2O/c1-7-3-4-8(9(11)5-7)10(13-12)6-14-2/h3-5,10,13H,6,12H2,1-2H3. The lowest BCUT2D eigenvalue weighted by Gasteiger charge is -2.16. The summed E-state index contributed by atoms with van der Waals surface area (Å²) in [5.41, 5.74) is 4.76. The van der Waals surface area contributed by atoms with Crippen LogP contribution >= 0.6 is 11.6 Å². The average molecular weight is 215 g/mol. The first-order valence-electron chi connectivity index (χ1n) is 4.40. The smallest absolute Gasteiger partial charge is 0.0708 e. The van der Waals surface area contributed by atoms with Crippen molar-refractivity contribution in [2.24, 2.45) is 5.84 Å². The van der Waals surface area contributed by atoms with Crippen LogP contribution in [0.15, 0.2) is 18.2 Å². The van der Waals surface area contributed by atoms with Crippen LogP contribution in [0, 0.1) is 6.92 Å². The minimum Gasteiger partial charge on any atom is -0.383 e. The van der Waals surface area contributed by atoms with Gasteiger partial charge >= 0.3 is 0 Å². The zero-order chi connectivity index (χ0) is 10.6. The molecule has 1 rings (SSSR count). The highest BCUT2D eigenvalue weighted by molar-refractivity contribution is 6.31. The van der Waals surface area contributed by atoms with E-state index in [-0.39, 0.29) is 6.04 Å². The predicted molar refractivity (Wildman–Crippen MR) is 58.1 cm³/mol. The molecule has 0 aromatic heterocycles. The van der Waals surface area contributed by atoms with Crippen molar-refractivity contribution < 1.29 is 4.74 Å². The van der Waals surface area contributed by atoms with Crippen molar-refractivity contribution in [1.29, 1.82) is 0 Å². The van der Waals surface area contributed by atoms with Crippen LogP contribution in [0.1, 0.15) is 17.2 Å². The van der Waals surface area contributed by atoms with Gasteiger partial charge in [-0.05, 0) is 24.1 Å². The molecule has 0 fully saturated rings. The van der Waals surface area contributed by atoms with Gasteiger partial charge in [-0.3, -0.25) is 11.3 Å². The number of hydrazine groups is 1. The summed E-state index contributed by atoms with van der Waals surface area (Å²) in [5, 5.41) is 0.713. The molecule has 1 aromatic carbocycles. The fourth-order valence-electron chi connectivity index (χ4n) is 1.31. The van der Waals surface area contributed by atoms with E-state index in [4.69, 9.17) is 22.2 Å². The van der Waals surface area contributed by atoms with E-state index in [1.165, 1.54) is 0 Å². The van der Waals surface area contributed by atoms with Gasteiger partial charge in [-0.15, -0.1) is 0 Å². The SMILES string of the molecule is COCC(NN)c1ccc(C)cc1Cl. The summed E-state index contributed by atoms with van der Waals surface area (Å²) >= 11 is 6.09. The molecule has 14 heavy (non-hydrogen) atoms. The molecule has 0 saturated heterocycles. The molecular weight excluding hydrogens is 200 g/mol. The number of ether oxygens (including phenoxy) is 1. The molecule has 0 aliphatic heterocycles. The van der Waals surface area contributed by atoms with E-state index < -0.39 is 0 Å². The van der Waals surface area contributed by atoms with Crippen LogP contribution in [-0.2, 0) is 4.74 Å². The lowest BCUT2D eigenvalue weighted by Crippen LogP contribution is -2.31. The fourth-order valence-corrected chi connectivity index (χ4v) is 1.68. The number of rotatable bonds is 4. The van der Waals surface area contributed by atoms with Crippen LogP contribution in [0.25, 0.3) is 0 Å². The molecule has 78 valence electrons. The number of aryl methyl sites for hydroxylation is 1. The topological polar surface area (TPSA) is 47.3 Å². The third-order valence-corrected chi connectivity index (χ3v) is 2.39. The van der Waals surface area contributed by atoms with Gasteiger partial charge in [0.25, 0.3) is 0 Å². The Morgan fingerprint density at radius 3 is 2.79 bits per heavy atom. The molecule has 0 bridgehead atoms. The molecule has 0 spiro atoms. The summed E-state index contributed by atoms with van der Waals surface area (Å²) in [6.45, 7) is 2.50. The van der Waals surface area contributed by atoms with E-state index in [1.807, 2.05) is 25.1 Å². The van der Waals surface area contributed by atoms with Crippen molar-refractivity contribution in [1.82, 2.24) is 5.43 Å². The van der Waals surface area contributed by atoms with Crippen molar-refractivity contribution in [2.45, 2.75) is 13.0 Å². The normalized spacial score (nSPS) is 12.9. The average Bonchev–Trinajstić information content (AvgIpc) is 2.15. The molecular formula is C10H15ClN2O. The molecule has 3 nitrogen and oxygen atoms in total. The van der Waals surface area contributed by atoms with E-state index in [0.29, 0.717) is 11.6 Å². The van der Waals surface area contributed by atoms with Crippen LogP contribution in [-0.4, -0.2) is 13.7 Å². The molecule has 1 aromatic rings. The van der Waals surface area contributed by atoms with Gasteiger partial charge in [-0.2, -0.15) is 0 Å². The first-order valence-corrected chi connectivity index (χ1v) is 4.78. The Balaban J connectivity index is 2.92. The summed E-state index contributed by atoms with van der Waals surface area (Å²) in [6.07, 6.45) is 0. The molecule has 1 atom stereocenters. The number of halogens is 1. The zero-order valence-corrected chi connectivity index (χ0v) is 9.14. The summed E-state index contributed by atoms with van der Waals surface area (Å²) < 4.78 is 5.03. The minimum atomic E-state index is -0.0619. The van der Waals surface area contributed by atoms with E-state index in [2.05, 4.69) is 5.43 Å². The first kappa shape index (κ1) is 11.5. The Morgan fingerprint density at radius 2 is 2.29 bits per heavy atom.